The summed E-state index contributed by atoms with van der Waals surface area (Å²) in [6.07, 6.45) is 0. The second-order valence-electron chi connectivity index (χ2n) is 4.43. The second-order valence-corrected chi connectivity index (χ2v) is 5.46. The highest BCUT2D eigenvalue weighted by atomic mass is 32.2. The molecule has 2 rings (SSSR count). The number of ether oxygens (including phenoxy) is 1. The molecule has 0 aliphatic heterocycles. The Kier molecular flexibility index (Phi) is 4.75. The van der Waals surface area contributed by atoms with E-state index in [1.807, 2.05) is 0 Å². The van der Waals surface area contributed by atoms with Crippen molar-refractivity contribution in [2.75, 3.05) is 12.9 Å². The fourth-order valence-corrected chi connectivity index (χ4v) is 2.69. The van der Waals surface area contributed by atoms with E-state index in [1.54, 1.807) is 24.3 Å². The maximum absolute atomic E-state index is 12.0. The first-order chi connectivity index (χ1) is 10.9. The average molecular weight is 322 g/mol. The van der Waals surface area contributed by atoms with Crippen molar-refractivity contribution in [3.63, 3.8) is 0 Å². The van der Waals surface area contributed by atoms with Gasteiger partial charge in [-0.05, 0) is 12.1 Å². The van der Waals surface area contributed by atoms with Gasteiger partial charge in [-0.1, -0.05) is 18.2 Å². The minimum Gasteiger partial charge on any atom is -0.467 e. The van der Waals surface area contributed by atoms with Crippen LogP contribution in [0.25, 0.3) is 11.0 Å². The van der Waals surface area contributed by atoms with Crippen LogP contribution in [0.1, 0.15) is 8.29 Å². The van der Waals surface area contributed by atoms with Crippen LogP contribution in [0.5, 0.6) is 0 Å². The van der Waals surface area contributed by atoms with E-state index in [9.17, 15) is 14.4 Å². The van der Waals surface area contributed by atoms with Crippen LogP contribution in [0, 0.1) is 0 Å². The summed E-state index contributed by atoms with van der Waals surface area (Å²) >= 11 is 0.973. The van der Waals surface area contributed by atoms with Crippen molar-refractivity contribution in [3.8, 4) is 0 Å². The van der Waals surface area contributed by atoms with Crippen molar-refractivity contribution in [2.24, 2.45) is 0 Å². The van der Waals surface area contributed by atoms with E-state index in [-0.39, 0.29) is 16.7 Å². The Labute approximate surface area is 132 Å². The molecular formula is C15H15NO5S. The highest BCUT2D eigenvalue weighted by molar-refractivity contribution is 7.99. The van der Waals surface area contributed by atoms with Gasteiger partial charge in [0.05, 0.1) is 13.4 Å². The Hall–Kier alpha value is -2.28. The summed E-state index contributed by atoms with van der Waals surface area (Å²) in [6.45, 7) is 1.28. The zero-order valence-corrected chi connectivity index (χ0v) is 12.9. The molecule has 0 saturated heterocycles. The molecule has 0 bridgehead atoms. The van der Waals surface area contributed by atoms with Crippen LogP contribution in [-0.4, -0.2) is 30.8 Å². The summed E-state index contributed by atoms with van der Waals surface area (Å²) in [4.78, 5) is 34.9. The molecule has 7 heteroatoms. The number of esters is 1. The van der Waals surface area contributed by atoms with Gasteiger partial charge in [0.25, 0.3) is 0 Å². The second kappa shape index (κ2) is 7.13. The van der Waals surface area contributed by atoms with Crippen LogP contribution in [0.2, 0.25) is 0 Å². The number of rotatable bonds is 5. The molecule has 1 aromatic heterocycles. The van der Waals surface area contributed by atoms with Crippen molar-refractivity contribution in [2.45, 2.75) is 17.9 Å². The number of methoxy groups -OCH3 is 1. The first kappa shape index (κ1) is 14.6. The van der Waals surface area contributed by atoms with Crippen LogP contribution in [0.4, 0.5) is 0 Å². The van der Waals surface area contributed by atoms with Crippen molar-refractivity contribution < 1.29 is 20.1 Å². The molecule has 0 aliphatic rings. The smallest absolute Gasteiger partial charge is 0.350 e. The highest BCUT2D eigenvalue weighted by Crippen LogP contribution is 2.20. The van der Waals surface area contributed by atoms with Gasteiger partial charge in [0, 0.05) is 18.1 Å². The van der Waals surface area contributed by atoms with Crippen LogP contribution in [0.3, 0.4) is 0 Å². The largest absolute Gasteiger partial charge is 0.467 e. The van der Waals surface area contributed by atoms with Gasteiger partial charge in [0.2, 0.25) is 5.91 Å². The minimum atomic E-state index is -0.909. The van der Waals surface area contributed by atoms with E-state index in [2.05, 4.69) is 10.1 Å². The van der Waals surface area contributed by atoms with Gasteiger partial charge >= 0.3 is 11.6 Å². The number of amides is 1. The molecule has 1 heterocycles. The number of hydrogen-bond acceptors (Lipinski definition) is 6. The molecule has 0 spiro atoms. The third-order valence-corrected chi connectivity index (χ3v) is 3.84. The van der Waals surface area contributed by atoms with Crippen LogP contribution >= 0.6 is 11.8 Å². The van der Waals surface area contributed by atoms with E-state index in [0.717, 1.165) is 11.8 Å². The topological polar surface area (TPSA) is 85.6 Å². The Morgan fingerprint density at radius 2 is 2.18 bits per heavy atom. The van der Waals surface area contributed by atoms with Crippen LogP contribution in [-0.2, 0) is 14.3 Å². The Balaban J connectivity index is 2.28. The van der Waals surface area contributed by atoms with Crippen molar-refractivity contribution >= 4 is 34.6 Å². The van der Waals surface area contributed by atoms with Crippen LogP contribution in [0.15, 0.2) is 44.4 Å². The number of carbonyl (C=O) groups is 2. The predicted octanol–water partition coefficient (Wildman–Crippen LogP) is 1.56. The quantitative estimate of drug-likeness (QED) is 0.511. The van der Waals surface area contributed by atoms with Crippen LogP contribution < -0.4 is 10.9 Å². The number of benzene rings is 1. The van der Waals surface area contributed by atoms with Crippen molar-refractivity contribution in [1.82, 2.24) is 5.32 Å². The SMILES string of the molecule is [2H]c1c(SC[C@H](NC(C)=O)C(=O)OC)c(=O)oc2ccccc12. The Morgan fingerprint density at radius 1 is 1.45 bits per heavy atom. The van der Waals surface area contributed by atoms with Crippen molar-refractivity contribution in [1.29, 1.82) is 0 Å². The standard InChI is InChI=1S/C15H15NO5S/c1-9(17)16-11(14(18)20-2)8-22-13-7-10-5-3-4-6-12(10)21-15(13)19/h3-7,11H,8H2,1-2H3,(H,16,17)/t11-/m0/s1/i7D. The average Bonchev–Trinajstić information content (AvgIpc) is 2.52. The molecule has 2 aromatic rings. The normalized spacial score (nSPS) is 12.5. The molecule has 1 amide bonds. The minimum absolute atomic E-state index is 0.0355. The fraction of sp³-hybridized carbons (Fsp3) is 0.267. The number of fused-ring (bicyclic) bond motifs is 1. The molecule has 1 aromatic carbocycles. The molecule has 116 valence electrons. The van der Waals surface area contributed by atoms with E-state index in [1.165, 1.54) is 14.0 Å². The number of para-hydroxylation sites is 1. The fourth-order valence-electron chi connectivity index (χ4n) is 1.80. The lowest BCUT2D eigenvalue weighted by molar-refractivity contribution is -0.144. The van der Waals surface area contributed by atoms with Gasteiger partial charge in [0.1, 0.15) is 11.6 Å². The summed E-state index contributed by atoms with van der Waals surface area (Å²) in [5, 5.41) is 2.95. The molecule has 0 saturated carbocycles. The summed E-state index contributed by atoms with van der Waals surface area (Å²) in [5.74, 6) is -0.955. The lowest BCUT2D eigenvalue weighted by Crippen LogP contribution is -2.42. The summed E-state index contributed by atoms with van der Waals surface area (Å²) in [6, 6.07) is 5.86. The molecule has 1 atom stereocenters. The number of carbonyl (C=O) groups excluding carboxylic acids is 2. The number of thioether (sulfide) groups is 1. The van der Waals surface area contributed by atoms with Gasteiger partial charge in [0.15, 0.2) is 0 Å². The third kappa shape index (κ3) is 3.88. The van der Waals surface area contributed by atoms with E-state index < -0.39 is 23.5 Å². The number of nitrogens with one attached hydrogen (secondary N) is 1. The maximum Gasteiger partial charge on any atom is 0.350 e. The van der Waals surface area contributed by atoms with E-state index in [4.69, 9.17) is 5.79 Å². The van der Waals surface area contributed by atoms with Crippen molar-refractivity contribution in [3.05, 3.63) is 40.7 Å². The molecule has 0 fully saturated rings. The molecule has 0 unspecified atom stereocenters. The van der Waals surface area contributed by atoms with Gasteiger partial charge in [-0.2, -0.15) is 0 Å². The molecule has 6 nitrogen and oxygen atoms in total. The summed E-state index contributed by atoms with van der Waals surface area (Å²) < 4.78 is 17.9. The molecular weight excluding hydrogens is 306 g/mol. The zero-order valence-electron chi connectivity index (χ0n) is 13.0. The van der Waals surface area contributed by atoms with E-state index in [0.29, 0.717) is 11.0 Å². The first-order valence-corrected chi connectivity index (χ1v) is 7.42. The Bertz CT molecular complexity index is 804. The molecule has 0 aliphatic carbocycles. The molecule has 0 radical (unpaired) electrons. The molecule has 1 N–H and O–H groups in total. The van der Waals surface area contributed by atoms with Gasteiger partial charge in [-0.3, -0.25) is 4.79 Å². The van der Waals surface area contributed by atoms with Gasteiger partial charge in [-0.15, -0.1) is 11.8 Å². The monoisotopic (exact) mass is 322 g/mol. The van der Waals surface area contributed by atoms with E-state index >= 15 is 0 Å². The lowest BCUT2D eigenvalue weighted by atomic mass is 10.2. The van der Waals surface area contributed by atoms with Gasteiger partial charge < -0.3 is 14.5 Å². The molecule has 22 heavy (non-hydrogen) atoms. The predicted molar refractivity (Wildman–Crippen MR) is 82.8 cm³/mol. The highest BCUT2D eigenvalue weighted by Gasteiger charge is 2.21. The first-order valence-electron chi connectivity index (χ1n) is 6.94. The lowest BCUT2D eigenvalue weighted by Gasteiger charge is -2.14. The Morgan fingerprint density at radius 3 is 2.86 bits per heavy atom. The van der Waals surface area contributed by atoms with Gasteiger partial charge in [-0.25, -0.2) is 9.59 Å². The number of hydrogen-bond donors (Lipinski definition) is 1. The summed E-state index contributed by atoms with van der Waals surface area (Å²) in [5.41, 5.74) is -0.316. The third-order valence-electron chi connectivity index (χ3n) is 2.78. The zero-order chi connectivity index (χ0) is 17.0. The maximum atomic E-state index is 12.0. The summed E-state index contributed by atoms with van der Waals surface area (Å²) in [7, 11) is 1.21.